The standard InChI is InChI=1S/C18H18N2O5/c1-10-5-7-12(8-6-10)20-15(21)13(11(2)19-20)9-14-16(22)24-18(3,4)25-17(14)23/h5-9,19H,1-4H3. The first-order chi connectivity index (χ1) is 11.7. The predicted molar refractivity (Wildman–Crippen MR) is 90.1 cm³/mol. The molecule has 1 aromatic carbocycles. The van der Waals surface area contributed by atoms with Crippen molar-refractivity contribution in [1.29, 1.82) is 0 Å². The van der Waals surface area contributed by atoms with Crippen LogP contribution < -0.4 is 5.56 Å². The number of benzene rings is 1. The van der Waals surface area contributed by atoms with Crippen molar-refractivity contribution in [3.63, 3.8) is 0 Å². The summed E-state index contributed by atoms with van der Waals surface area (Å²) in [4.78, 5) is 36.8. The highest BCUT2D eigenvalue weighted by molar-refractivity contribution is 6.18. The van der Waals surface area contributed by atoms with E-state index in [0.29, 0.717) is 11.4 Å². The van der Waals surface area contributed by atoms with Crippen LogP contribution in [0.25, 0.3) is 11.8 Å². The molecule has 0 aliphatic carbocycles. The summed E-state index contributed by atoms with van der Waals surface area (Å²) in [6.07, 6.45) is 1.21. The number of esters is 2. The first-order valence-corrected chi connectivity index (χ1v) is 7.75. The summed E-state index contributed by atoms with van der Waals surface area (Å²) >= 11 is 0. The van der Waals surface area contributed by atoms with Gasteiger partial charge in [-0.15, -0.1) is 0 Å². The number of H-pyrrole nitrogens is 1. The number of aromatic amines is 1. The Hall–Kier alpha value is -3.09. The number of cyclic esters (lactones) is 2. The summed E-state index contributed by atoms with van der Waals surface area (Å²) in [7, 11) is 0. The number of aromatic nitrogens is 2. The predicted octanol–water partition coefficient (Wildman–Crippen LogP) is 2.00. The Bertz CT molecular complexity index is 923. The van der Waals surface area contributed by atoms with Crippen molar-refractivity contribution in [3.8, 4) is 5.69 Å². The van der Waals surface area contributed by atoms with E-state index in [-0.39, 0.29) is 16.7 Å². The van der Waals surface area contributed by atoms with E-state index in [0.717, 1.165) is 5.56 Å². The first-order valence-electron chi connectivity index (χ1n) is 7.75. The number of hydrogen-bond acceptors (Lipinski definition) is 5. The van der Waals surface area contributed by atoms with Crippen LogP contribution in [-0.4, -0.2) is 27.5 Å². The number of rotatable bonds is 2. The molecule has 7 nitrogen and oxygen atoms in total. The van der Waals surface area contributed by atoms with Gasteiger partial charge >= 0.3 is 11.9 Å². The van der Waals surface area contributed by atoms with Crippen LogP contribution in [0.15, 0.2) is 34.6 Å². The van der Waals surface area contributed by atoms with Gasteiger partial charge in [-0.05, 0) is 32.1 Å². The van der Waals surface area contributed by atoms with E-state index in [1.165, 1.54) is 24.6 Å². The normalized spacial score (nSPS) is 16.4. The number of nitrogens with one attached hydrogen (secondary N) is 1. The molecular formula is C18H18N2O5. The Kier molecular flexibility index (Phi) is 3.87. The monoisotopic (exact) mass is 342 g/mol. The van der Waals surface area contributed by atoms with Crippen LogP contribution in [-0.2, 0) is 19.1 Å². The smallest absolute Gasteiger partial charge is 0.348 e. The molecule has 1 saturated heterocycles. The lowest BCUT2D eigenvalue weighted by Crippen LogP contribution is -2.41. The Morgan fingerprint density at radius 3 is 2.12 bits per heavy atom. The Morgan fingerprint density at radius 2 is 1.56 bits per heavy atom. The summed E-state index contributed by atoms with van der Waals surface area (Å²) in [5, 5.41) is 2.94. The van der Waals surface area contributed by atoms with Gasteiger partial charge in [-0.1, -0.05) is 17.7 Å². The second-order valence-electron chi connectivity index (χ2n) is 6.36. The van der Waals surface area contributed by atoms with E-state index in [2.05, 4.69) is 5.10 Å². The second-order valence-corrected chi connectivity index (χ2v) is 6.36. The highest BCUT2D eigenvalue weighted by Gasteiger charge is 2.39. The molecule has 25 heavy (non-hydrogen) atoms. The zero-order valence-electron chi connectivity index (χ0n) is 14.4. The van der Waals surface area contributed by atoms with E-state index < -0.39 is 17.7 Å². The van der Waals surface area contributed by atoms with Crippen molar-refractivity contribution in [2.45, 2.75) is 33.5 Å². The molecule has 2 aromatic rings. The maximum atomic E-state index is 12.7. The molecule has 0 atom stereocenters. The molecule has 1 aromatic heterocycles. The Labute approximate surface area is 143 Å². The quantitative estimate of drug-likeness (QED) is 0.512. The molecule has 1 N–H and O–H groups in total. The third-order valence-electron chi connectivity index (χ3n) is 3.81. The fourth-order valence-electron chi connectivity index (χ4n) is 2.53. The van der Waals surface area contributed by atoms with Crippen molar-refractivity contribution < 1.29 is 19.1 Å². The number of carbonyl (C=O) groups excluding carboxylic acids is 2. The Morgan fingerprint density at radius 1 is 1.00 bits per heavy atom. The number of ether oxygens (including phenoxy) is 2. The summed E-state index contributed by atoms with van der Waals surface area (Å²) in [5.41, 5.74) is 1.75. The lowest BCUT2D eigenvalue weighted by molar-refractivity contribution is -0.222. The number of nitrogens with zero attached hydrogens (tertiary/aromatic N) is 1. The molecule has 7 heteroatoms. The highest BCUT2D eigenvalue weighted by Crippen LogP contribution is 2.24. The number of aryl methyl sites for hydroxylation is 2. The van der Waals surface area contributed by atoms with E-state index in [1.807, 2.05) is 19.1 Å². The van der Waals surface area contributed by atoms with Crippen LogP contribution >= 0.6 is 0 Å². The van der Waals surface area contributed by atoms with Crippen LogP contribution in [0.2, 0.25) is 0 Å². The fourth-order valence-corrected chi connectivity index (χ4v) is 2.53. The maximum Gasteiger partial charge on any atom is 0.348 e. The van der Waals surface area contributed by atoms with Gasteiger partial charge in [0.25, 0.3) is 11.3 Å². The van der Waals surface area contributed by atoms with Gasteiger partial charge in [0.05, 0.1) is 11.3 Å². The second kappa shape index (κ2) is 5.77. The lowest BCUT2D eigenvalue weighted by Gasteiger charge is -2.29. The molecule has 0 bridgehead atoms. The van der Waals surface area contributed by atoms with Gasteiger partial charge in [0.15, 0.2) is 0 Å². The van der Waals surface area contributed by atoms with Crippen LogP contribution in [0.3, 0.4) is 0 Å². The molecule has 0 unspecified atom stereocenters. The molecule has 1 aliphatic rings. The van der Waals surface area contributed by atoms with E-state index in [1.54, 1.807) is 19.1 Å². The summed E-state index contributed by atoms with van der Waals surface area (Å²) in [5.74, 6) is -2.95. The SMILES string of the molecule is Cc1ccc(-n2[nH]c(C)c(C=C3C(=O)OC(C)(C)OC3=O)c2=O)cc1. The van der Waals surface area contributed by atoms with Gasteiger partial charge in [0, 0.05) is 19.5 Å². The van der Waals surface area contributed by atoms with Gasteiger partial charge in [-0.2, -0.15) is 0 Å². The minimum Gasteiger partial charge on any atom is -0.419 e. The van der Waals surface area contributed by atoms with E-state index >= 15 is 0 Å². The molecule has 130 valence electrons. The molecule has 0 saturated carbocycles. The van der Waals surface area contributed by atoms with Crippen LogP contribution in [0.4, 0.5) is 0 Å². The minimum atomic E-state index is -1.32. The van der Waals surface area contributed by atoms with Crippen molar-refractivity contribution >= 4 is 18.0 Å². The molecule has 0 amide bonds. The summed E-state index contributed by atoms with van der Waals surface area (Å²) < 4.78 is 11.4. The van der Waals surface area contributed by atoms with Gasteiger partial charge in [0.1, 0.15) is 5.57 Å². The molecule has 3 rings (SSSR count). The van der Waals surface area contributed by atoms with Crippen molar-refractivity contribution in [2.75, 3.05) is 0 Å². The molecule has 1 aliphatic heterocycles. The molecular weight excluding hydrogens is 324 g/mol. The van der Waals surface area contributed by atoms with Gasteiger partial charge in [-0.25, -0.2) is 14.3 Å². The van der Waals surface area contributed by atoms with Crippen LogP contribution in [0, 0.1) is 13.8 Å². The zero-order chi connectivity index (χ0) is 18.4. The summed E-state index contributed by atoms with van der Waals surface area (Å²) in [6.45, 7) is 6.56. The Balaban J connectivity index is 2.05. The van der Waals surface area contributed by atoms with E-state index in [4.69, 9.17) is 9.47 Å². The fraction of sp³-hybridized carbons (Fsp3) is 0.278. The molecule has 1 fully saturated rings. The minimum absolute atomic E-state index is 0.198. The molecule has 0 radical (unpaired) electrons. The van der Waals surface area contributed by atoms with Crippen molar-refractivity contribution in [2.24, 2.45) is 0 Å². The maximum absolute atomic E-state index is 12.7. The summed E-state index contributed by atoms with van der Waals surface area (Å²) in [6, 6.07) is 7.37. The molecule has 0 spiro atoms. The van der Waals surface area contributed by atoms with E-state index in [9.17, 15) is 14.4 Å². The average molecular weight is 342 g/mol. The first kappa shape index (κ1) is 16.8. The van der Waals surface area contributed by atoms with Gasteiger partial charge in [0.2, 0.25) is 0 Å². The number of carbonyl (C=O) groups is 2. The van der Waals surface area contributed by atoms with Crippen LogP contribution in [0.1, 0.15) is 30.7 Å². The third kappa shape index (κ3) is 3.13. The average Bonchev–Trinajstić information content (AvgIpc) is 2.78. The van der Waals surface area contributed by atoms with Crippen molar-refractivity contribution in [1.82, 2.24) is 9.78 Å². The zero-order valence-corrected chi connectivity index (χ0v) is 14.4. The highest BCUT2D eigenvalue weighted by atomic mass is 16.7. The largest absolute Gasteiger partial charge is 0.419 e. The lowest BCUT2D eigenvalue weighted by atomic mass is 10.1. The number of hydrogen-bond donors (Lipinski definition) is 1. The molecule has 2 heterocycles. The van der Waals surface area contributed by atoms with Gasteiger partial charge in [-0.3, -0.25) is 9.89 Å². The van der Waals surface area contributed by atoms with Crippen molar-refractivity contribution in [3.05, 3.63) is 57.0 Å². The van der Waals surface area contributed by atoms with Crippen LogP contribution in [0.5, 0.6) is 0 Å². The third-order valence-corrected chi connectivity index (χ3v) is 3.81. The topological polar surface area (TPSA) is 90.4 Å². The van der Waals surface area contributed by atoms with Gasteiger partial charge < -0.3 is 9.47 Å².